The maximum Gasteiger partial charge on any atom is 0.279 e. The molecule has 0 saturated carbocycles. The Morgan fingerprint density at radius 3 is 2.03 bits per heavy atom. The second-order valence-corrected chi connectivity index (χ2v) is 9.90. The van der Waals surface area contributed by atoms with Crippen LogP contribution in [0.3, 0.4) is 0 Å². The Labute approximate surface area is 210 Å². The summed E-state index contributed by atoms with van der Waals surface area (Å²) in [6.45, 7) is 0. The molecule has 0 saturated heterocycles. The van der Waals surface area contributed by atoms with Crippen LogP contribution in [0.5, 0.6) is 0 Å². The van der Waals surface area contributed by atoms with Crippen LogP contribution < -0.4 is 10.3 Å². The fraction of sp³-hybridized carbons (Fsp3) is 0. The van der Waals surface area contributed by atoms with E-state index in [4.69, 9.17) is 11.6 Å². The van der Waals surface area contributed by atoms with E-state index in [1.54, 1.807) is 35.0 Å². The van der Waals surface area contributed by atoms with E-state index in [9.17, 15) is 22.4 Å². The molecule has 1 heterocycles. The highest BCUT2D eigenvalue weighted by atomic mass is 35.5. The van der Waals surface area contributed by atoms with Crippen LogP contribution in [0.2, 0.25) is 5.02 Å². The highest BCUT2D eigenvalue weighted by Gasteiger charge is 2.23. The van der Waals surface area contributed by atoms with Gasteiger partial charge in [0, 0.05) is 5.56 Å². The Hall–Kier alpha value is -4.21. The van der Waals surface area contributed by atoms with Gasteiger partial charge in [-0.15, -0.1) is 0 Å². The molecule has 0 unspecified atom stereocenters. The van der Waals surface area contributed by atoms with E-state index in [0.29, 0.717) is 11.2 Å². The second kappa shape index (κ2) is 9.10. The molecule has 0 atom stereocenters. The number of hydrogen-bond donors (Lipinski definition) is 1. The molecule has 1 N–H and O–H groups in total. The third kappa shape index (κ3) is 4.19. The number of carbonyl (C=O) groups is 1. The molecule has 1 aromatic heterocycles. The smallest absolute Gasteiger partial charge is 0.268 e. The summed E-state index contributed by atoms with van der Waals surface area (Å²) in [6.07, 6.45) is 0. The van der Waals surface area contributed by atoms with E-state index in [2.05, 4.69) is 0 Å². The lowest BCUT2D eigenvalue weighted by Crippen LogP contribution is -2.30. The van der Waals surface area contributed by atoms with Gasteiger partial charge >= 0.3 is 0 Å². The average molecular weight is 522 g/mol. The molecular weight excluding hydrogens is 505 g/mol. The number of carbonyl (C=O) groups excluding carboxylic acids is 1. The lowest BCUT2D eigenvalue weighted by Gasteiger charge is -2.13. The minimum Gasteiger partial charge on any atom is -0.268 e. The van der Waals surface area contributed by atoms with Crippen molar-refractivity contribution in [3.8, 4) is 11.4 Å². The van der Waals surface area contributed by atoms with Crippen LogP contribution >= 0.6 is 11.6 Å². The number of para-hydroxylation sites is 2. The summed E-state index contributed by atoms with van der Waals surface area (Å²) in [4.78, 5) is 26.0. The number of fused-ring (bicyclic) bond motifs is 1. The van der Waals surface area contributed by atoms with E-state index in [-0.39, 0.29) is 21.5 Å². The highest BCUT2D eigenvalue weighted by molar-refractivity contribution is 7.90. The minimum atomic E-state index is -4.39. The molecule has 5 rings (SSSR count). The molecule has 180 valence electrons. The molecule has 0 spiro atoms. The van der Waals surface area contributed by atoms with Crippen molar-refractivity contribution in [1.29, 1.82) is 0 Å². The van der Waals surface area contributed by atoms with Crippen LogP contribution in [0.1, 0.15) is 10.4 Å². The first kappa shape index (κ1) is 23.5. The zero-order valence-corrected chi connectivity index (χ0v) is 20.0. The Kier molecular flexibility index (Phi) is 5.95. The summed E-state index contributed by atoms with van der Waals surface area (Å²) < 4.78 is 43.9. The first-order valence-electron chi connectivity index (χ1n) is 10.7. The Morgan fingerprint density at radius 1 is 0.806 bits per heavy atom. The molecule has 4 aromatic carbocycles. The molecule has 0 fully saturated rings. The fourth-order valence-corrected chi connectivity index (χ4v) is 5.41. The number of nitrogens with one attached hydrogen (secondary N) is 1. The molecular formula is C26H17ClFN3O4S. The third-order valence-corrected chi connectivity index (χ3v) is 7.34. The molecule has 36 heavy (non-hydrogen) atoms. The van der Waals surface area contributed by atoms with E-state index < -0.39 is 26.6 Å². The summed E-state index contributed by atoms with van der Waals surface area (Å²) in [6, 6.07) is 25.3. The Bertz CT molecular complexity index is 1780. The molecule has 5 aromatic rings. The highest BCUT2D eigenvalue weighted by Crippen LogP contribution is 2.24. The fourth-order valence-electron chi connectivity index (χ4n) is 3.90. The molecule has 0 bridgehead atoms. The van der Waals surface area contributed by atoms with Crippen LogP contribution in [-0.2, 0) is 10.0 Å². The van der Waals surface area contributed by atoms with Gasteiger partial charge < -0.3 is 0 Å². The molecule has 0 aliphatic heterocycles. The first-order chi connectivity index (χ1) is 17.3. The number of hydrogen-bond acceptors (Lipinski definition) is 4. The summed E-state index contributed by atoms with van der Waals surface area (Å²) in [5.41, 5.74) is 1.42. The Morgan fingerprint density at radius 2 is 1.42 bits per heavy atom. The number of rotatable bonds is 5. The van der Waals surface area contributed by atoms with Gasteiger partial charge in [0.2, 0.25) is 0 Å². The zero-order valence-electron chi connectivity index (χ0n) is 18.4. The van der Waals surface area contributed by atoms with Gasteiger partial charge in [-0.3, -0.25) is 9.59 Å². The van der Waals surface area contributed by atoms with Crippen molar-refractivity contribution in [2.24, 2.45) is 0 Å². The quantitative estimate of drug-likeness (QED) is 0.363. The van der Waals surface area contributed by atoms with Crippen molar-refractivity contribution in [2.75, 3.05) is 0 Å². The number of amides is 1. The molecule has 1 amide bonds. The molecule has 0 aliphatic carbocycles. The van der Waals surface area contributed by atoms with Gasteiger partial charge in [0.1, 0.15) is 10.7 Å². The van der Waals surface area contributed by atoms with Crippen LogP contribution in [0.25, 0.3) is 22.3 Å². The van der Waals surface area contributed by atoms with Crippen molar-refractivity contribution in [3.63, 3.8) is 0 Å². The average Bonchev–Trinajstić information content (AvgIpc) is 3.16. The van der Waals surface area contributed by atoms with Crippen molar-refractivity contribution in [3.05, 3.63) is 124 Å². The molecule has 7 nitrogen and oxygen atoms in total. The number of halogens is 2. The van der Waals surface area contributed by atoms with Crippen LogP contribution in [-0.4, -0.2) is 23.7 Å². The second-order valence-electron chi connectivity index (χ2n) is 7.84. The van der Waals surface area contributed by atoms with Crippen LogP contribution in [0, 0.1) is 5.82 Å². The molecule has 0 aliphatic rings. The number of nitrogens with zero attached hydrogens (tertiary/aromatic N) is 2. The van der Waals surface area contributed by atoms with Gasteiger partial charge in [-0.05, 0) is 60.7 Å². The lowest BCUT2D eigenvalue weighted by atomic mass is 10.1. The topological polar surface area (TPSA) is 90.2 Å². The number of sulfonamides is 1. The first-order valence-corrected chi connectivity index (χ1v) is 12.5. The van der Waals surface area contributed by atoms with Crippen LogP contribution in [0.4, 0.5) is 4.39 Å². The summed E-state index contributed by atoms with van der Waals surface area (Å²) in [5, 5.41) is -0.149. The van der Waals surface area contributed by atoms with Gasteiger partial charge in [-0.2, -0.15) is 0 Å². The van der Waals surface area contributed by atoms with Gasteiger partial charge in [0.15, 0.2) is 0 Å². The maximum atomic E-state index is 13.5. The van der Waals surface area contributed by atoms with Crippen molar-refractivity contribution in [1.82, 2.24) is 14.1 Å². The van der Waals surface area contributed by atoms with E-state index in [1.165, 1.54) is 16.8 Å². The zero-order chi connectivity index (χ0) is 25.4. The van der Waals surface area contributed by atoms with Gasteiger partial charge in [-0.25, -0.2) is 26.9 Å². The minimum absolute atomic E-state index is 0.0492. The summed E-state index contributed by atoms with van der Waals surface area (Å²) in [5.74, 6) is -1.68. The van der Waals surface area contributed by atoms with Crippen molar-refractivity contribution in [2.45, 2.75) is 4.90 Å². The van der Waals surface area contributed by atoms with E-state index >= 15 is 0 Å². The normalized spacial score (nSPS) is 11.5. The Balaban J connectivity index is 1.62. The SMILES string of the molecule is O=C(NS(=O)(=O)c1ccc(F)cc1Cl)c1ccc2c(c1)c(=O)n(-c1ccccc1)n2-c1ccccc1. The molecule has 0 radical (unpaired) electrons. The monoisotopic (exact) mass is 521 g/mol. The lowest BCUT2D eigenvalue weighted by molar-refractivity contribution is 0.0981. The largest absolute Gasteiger partial charge is 0.279 e. The standard InChI is InChI=1S/C26H17ClFN3O4S/c27-22-16-18(28)12-14-24(22)36(34,35)29-25(32)17-11-13-23-21(15-17)26(33)31(20-9-5-2-6-10-20)30(23)19-7-3-1-4-8-19/h1-16H,(H,29,32). The van der Waals surface area contributed by atoms with E-state index in [1.807, 2.05) is 41.1 Å². The van der Waals surface area contributed by atoms with Gasteiger partial charge in [0.05, 0.1) is 27.3 Å². The predicted molar refractivity (Wildman–Crippen MR) is 135 cm³/mol. The van der Waals surface area contributed by atoms with Crippen molar-refractivity contribution < 1.29 is 17.6 Å². The predicted octanol–water partition coefficient (Wildman–Crippen LogP) is 4.69. The van der Waals surface area contributed by atoms with E-state index in [0.717, 1.165) is 23.9 Å². The van der Waals surface area contributed by atoms with Crippen LogP contribution in [0.15, 0.2) is 107 Å². The summed E-state index contributed by atoms with van der Waals surface area (Å²) >= 11 is 5.86. The number of aromatic nitrogens is 2. The van der Waals surface area contributed by atoms with Crippen molar-refractivity contribution >= 4 is 38.4 Å². The number of benzene rings is 4. The summed E-state index contributed by atoms with van der Waals surface area (Å²) in [7, 11) is -4.39. The van der Waals surface area contributed by atoms with Gasteiger partial charge in [0.25, 0.3) is 21.5 Å². The molecule has 10 heteroatoms. The third-order valence-electron chi connectivity index (χ3n) is 5.52. The van der Waals surface area contributed by atoms with Gasteiger partial charge in [-0.1, -0.05) is 48.0 Å². The maximum absolute atomic E-state index is 13.5.